The van der Waals surface area contributed by atoms with Crippen LogP contribution in [0.5, 0.6) is 0 Å². The lowest BCUT2D eigenvalue weighted by Crippen LogP contribution is -2.60. The quantitative estimate of drug-likeness (QED) is 0.705. The third-order valence-corrected chi connectivity index (χ3v) is 2.68. The molecule has 0 aliphatic carbocycles. The molecule has 0 saturated carbocycles. The highest BCUT2D eigenvalue weighted by molar-refractivity contribution is 6.27. The van der Waals surface area contributed by atoms with Crippen LogP contribution in [0, 0.1) is 5.41 Å². The Kier molecular flexibility index (Phi) is 3.94. The minimum Gasteiger partial charge on any atom is -0.479 e. The Morgan fingerprint density at radius 1 is 1.29 bits per heavy atom. The number of carbonyl (C=O) groups is 2. The van der Waals surface area contributed by atoms with Crippen molar-refractivity contribution in [3.63, 3.8) is 0 Å². The number of halogens is 1. The first kappa shape index (κ1) is 13.2. The van der Waals surface area contributed by atoms with Gasteiger partial charge in [-0.05, 0) is 12.3 Å². The van der Waals surface area contributed by atoms with E-state index in [1.807, 2.05) is 0 Å². The lowest BCUT2D eigenvalue weighted by molar-refractivity contribution is -0.151. The summed E-state index contributed by atoms with van der Waals surface area (Å²) in [5.74, 6) is -1.78. The predicted molar refractivity (Wildman–Crippen MR) is 54.4 cm³/mol. The second-order valence-electron chi connectivity index (χ2n) is 4.36. The molecule has 0 bridgehead atoms. The van der Waals surface area contributed by atoms with Gasteiger partial charge in [0.15, 0.2) is 0 Å². The number of carboxylic acids is 1. The molecule has 0 aromatic rings. The summed E-state index contributed by atoms with van der Waals surface area (Å²) < 4.78 is 0. The molecule has 0 saturated heterocycles. The molecule has 0 heterocycles. The summed E-state index contributed by atoms with van der Waals surface area (Å²) in [6.45, 7) is 6.71. The van der Waals surface area contributed by atoms with Gasteiger partial charge in [0.25, 0.3) is 0 Å². The van der Waals surface area contributed by atoms with Gasteiger partial charge in [-0.2, -0.15) is 0 Å². The number of alkyl halides is 1. The van der Waals surface area contributed by atoms with Crippen LogP contribution in [0.15, 0.2) is 0 Å². The Morgan fingerprint density at radius 2 is 1.71 bits per heavy atom. The zero-order chi connectivity index (χ0) is 11.6. The highest BCUT2D eigenvalue weighted by Crippen LogP contribution is 2.30. The molecule has 1 atom stereocenters. The number of carboxylic acid groups (broad SMARTS) is 1. The van der Waals surface area contributed by atoms with Crippen molar-refractivity contribution in [3.8, 4) is 0 Å². The van der Waals surface area contributed by atoms with Gasteiger partial charge in [0, 0.05) is 0 Å². The van der Waals surface area contributed by atoms with Crippen LogP contribution in [0.1, 0.15) is 27.7 Å². The fourth-order valence-corrected chi connectivity index (χ4v) is 0.941. The highest BCUT2D eigenvalue weighted by atomic mass is 35.5. The molecule has 0 rings (SSSR count). The Bertz CT molecular complexity index is 247. The Balaban J connectivity index is 4.93. The fraction of sp³-hybridized carbons (Fsp3) is 0.778. The monoisotopic (exact) mass is 221 g/mol. The third kappa shape index (κ3) is 2.61. The molecule has 4 nitrogen and oxygen atoms in total. The number of aliphatic carboxylic acids is 1. The van der Waals surface area contributed by atoms with Gasteiger partial charge < -0.3 is 10.4 Å². The summed E-state index contributed by atoms with van der Waals surface area (Å²) >= 11 is 5.31. The predicted octanol–water partition coefficient (Wildman–Crippen LogP) is 1.23. The van der Waals surface area contributed by atoms with Crippen LogP contribution in [-0.4, -0.2) is 28.4 Å². The van der Waals surface area contributed by atoms with Gasteiger partial charge in [-0.25, -0.2) is 4.79 Å². The van der Waals surface area contributed by atoms with Gasteiger partial charge in [-0.3, -0.25) is 4.79 Å². The molecule has 0 aromatic carbocycles. The summed E-state index contributed by atoms with van der Waals surface area (Å²) in [5.41, 5.74) is -1.89. The molecule has 1 amide bonds. The van der Waals surface area contributed by atoms with Crippen LogP contribution in [0.25, 0.3) is 0 Å². The molecule has 2 N–H and O–H groups in total. The second-order valence-corrected chi connectivity index (χ2v) is 4.63. The van der Waals surface area contributed by atoms with Crippen molar-refractivity contribution >= 4 is 23.5 Å². The van der Waals surface area contributed by atoms with Crippen LogP contribution < -0.4 is 5.32 Å². The maximum absolute atomic E-state index is 11.1. The zero-order valence-corrected chi connectivity index (χ0v) is 9.60. The molecule has 0 spiro atoms. The minimum atomic E-state index is -1.31. The van der Waals surface area contributed by atoms with E-state index in [1.54, 1.807) is 20.8 Å². The van der Waals surface area contributed by atoms with Crippen molar-refractivity contribution in [2.24, 2.45) is 5.41 Å². The average molecular weight is 222 g/mol. The topological polar surface area (TPSA) is 66.4 Å². The first-order valence-electron chi connectivity index (χ1n) is 4.25. The number of carbonyl (C=O) groups excluding carboxylic acids is 1. The van der Waals surface area contributed by atoms with E-state index in [4.69, 9.17) is 16.7 Å². The first-order valence-corrected chi connectivity index (χ1v) is 4.79. The normalized spacial score (nSPS) is 15.8. The molecule has 0 aliphatic heterocycles. The van der Waals surface area contributed by atoms with Crippen LogP contribution in [0.3, 0.4) is 0 Å². The van der Waals surface area contributed by atoms with Crippen LogP contribution in [0.2, 0.25) is 0 Å². The summed E-state index contributed by atoms with van der Waals surface area (Å²) in [4.78, 5) is 22.1. The Hall–Kier alpha value is -0.770. The molecule has 0 unspecified atom stereocenters. The molecule has 0 aliphatic rings. The van der Waals surface area contributed by atoms with Crippen LogP contribution in [-0.2, 0) is 9.59 Å². The smallest absolute Gasteiger partial charge is 0.329 e. The number of nitrogens with one attached hydrogen (secondary N) is 1. The molecule has 14 heavy (non-hydrogen) atoms. The van der Waals surface area contributed by atoms with E-state index in [0.29, 0.717) is 0 Å². The largest absolute Gasteiger partial charge is 0.479 e. The molecule has 5 heteroatoms. The SMILES string of the molecule is CC(C)(C)[C@](C)(NC(=O)CCl)C(=O)O. The van der Waals surface area contributed by atoms with Crippen molar-refractivity contribution < 1.29 is 14.7 Å². The van der Waals surface area contributed by atoms with E-state index in [2.05, 4.69) is 5.32 Å². The summed E-state index contributed by atoms with van der Waals surface area (Å²) in [6.07, 6.45) is 0. The first-order chi connectivity index (χ1) is 6.15. The zero-order valence-electron chi connectivity index (χ0n) is 8.85. The van der Waals surface area contributed by atoms with Crippen molar-refractivity contribution in [1.29, 1.82) is 0 Å². The van der Waals surface area contributed by atoms with Crippen molar-refractivity contribution in [2.45, 2.75) is 33.2 Å². The Morgan fingerprint density at radius 3 is 1.93 bits per heavy atom. The maximum Gasteiger partial charge on any atom is 0.329 e. The van der Waals surface area contributed by atoms with Crippen molar-refractivity contribution in [3.05, 3.63) is 0 Å². The molecular formula is C9H16ClNO3. The van der Waals surface area contributed by atoms with E-state index in [9.17, 15) is 9.59 Å². The van der Waals surface area contributed by atoms with Gasteiger partial charge in [0.05, 0.1) is 0 Å². The van der Waals surface area contributed by atoms with Gasteiger partial charge in [0.1, 0.15) is 11.4 Å². The lowest BCUT2D eigenvalue weighted by atomic mass is 9.75. The van der Waals surface area contributed by atoms with E-state index in [0.717, 1.165) is 0 Å². The summed E-state index contributed by atoms with van der Waals surface area (Å²) in [7, 11) is 0. The molecule has 0 radical (unpaired) electrons. The van der Waals surface area contributed by atoms with Crippen molar-refractivity contribution in [2.75, 3.05) is 5.88 Å². The van der Waals surface area contributed by atoms with E-state index in [1.165, 1.54) is 6.92 Å². The summed E-state index contributed by atoms with van der Waals surface area (Å²) in [5, 5.41) is 11.5. The molecular weight excluding hydrogens is 206 g/mol. The standard InChI is InChI=1S/C9H16ClNO3/c1-8(2,3)9(4,7(13)14)11-6(12)5-10/h5H2,1-4H3,(H,11,12)(H,13,14)/t9-/m1/s1. The van der Waals surface area contributed by atoms with E-state index < -0.39 is 22.8 Å². The van der Waals surface area contributed by atoms with Crippen LogP contribution >= 0.6 is 11.6 Å². The van der Waals surface area contributed by atoms with Gasteiger partial charge >= 0.3 is 5.97 Å². The van der Waals surface area contributed by atoms with Gasteiger partial charge in [0.2, 0.25) is 5.91 Å². The fourth-order valence-electron chi connectivity index (χ4n) is 0.874. The molecule has 0 aromatic heterocycles. The van der Waals surface area contributed by atoms with E-state index in [-0.39, 0.29) is 5.88 Å². The number of amides is 1. The Labute approximate surface area is 88.6 Å². The number of rotatable bonds is 3. The van der Waals surface area contributed by atoms with Crippen molar-refractivity contribution in [1.82, 2.24) is 5.32 Å². The number of hydrogen-bond donors (Lipinski definition) is 2. The van der Waals surface area contributed by atoms with Crippen LogP contribution in [0.4, 0.5) is 0 Å². The van der Waals surface area contributed by atoms with E-state index >= 15 is 0 Å². The molecule has 0 fully saturated rings. The lowest BCUT2D eigenvalue weighted by Gasteiger charge is -2.38. The minimum absolute atomic E-state index is 0.237. The highest BCUT2D eigenvalue weighted by Gasteiger charge is 2.45. The number of hydrogen-bond acceptors (Lipinski definition) is 2. The second kappa shape index (κ2) is 4.17. The maximum atomic E-state index is 11.1. The molecule has 82 valence electrons. The van der Waals surface area contributed by atoms with Gasteiger partial charge in [-0.15, -0.1) is 11.6 Å². The average Bonchev–Trinajstić information content (AvgIpc) is 2.01. The third-order valence-electron chi connectivity index (χ3n) is 2.44. The summed E-state index contributed by atoms with van der Waals surface area (Å²) in [6, 6.07) is 0. The van der Waals surface area contributed by atoms with Gasteiger partial charge in [-0.1, -0.05) is 20.8 Å².